The van der Waals surface area contributed by atoms with E-state index in [1.54, 1.807) is 6.20 Å². The highest BCUT2D eigenvalue weighted by Crippen LogP contribution is 2.13. The van der Waals surface area contributed by atoms with Crippen LogP contribution in [-0.2, 0) is 4.74 Å². The molecule has 1 aromatic rings. The first-order chi connectivity index (χ1) is 8.36. The summed E-state index contributed by atoms with van der Waals surface area (Å²) >= 11 is 0. The van der Waals surface area contributed by atoms with Crippen molar-refractivity contribution in [2.45, 2.75) is 25.8 Å². The van der Waals surface area contributed by atoms with Crippen LogP contribution in [0.2, 0.25) is 0 Å². The minimum absolute atomic E-state index is 0.586. The summed E-state index contributed by atoms with van der Waals surface area (Å²) in [6.45, 7) is 5.27. The predicted octanol–water partition coefficient (Wildman–Crippen LogP) is 1.54. The molecule has 4 heteroatoms. The van der Waals surface area contributed by atoms with Crippen LogP contribution in [0, 0.1) is 6.92 Å². The first-order valence-corrected chi connectivity index (χ1v) is 6.22. The molecule has 94 valence electrons. The Balaban J connectivity index is 1.64. The van der Waals surface area contributed by atoms with Crippen molar-refractivity contribution in [3.8, 4) is 5.75 Å². The third-order valence-corrected chi connectivity index (χ3v) is 2.97. The molecule has 1 saturated heterocycles. The molecular formula is C13H20N2O2. The zero-order valence-corrected chi connectivity index (χ0v) is 10.3. The van der Waals surface area contributed by atoms with Crippen LogP contribution in [-0.4, -0.2) is 37.4 Å². The molecule has 0 spiro atoms. The lowest BCUT2D eigenvalue weighted by molar-refractivity contribution is 0.0770. The van der Waals surface area contributed by atoms with E-state index in [9.17, 15) is 0 Å². The summed E-state index contributed by atoms with van der Waals surface area (Å²) < 4.78 is 11.0. The topological polar surface area (TPSA) is 43.4 Å². The van der Waals surface area contributed by atoms with Crippen molar-refractivity contribution in [3.63, 3.8) is 0 Å². The standard InChI is InChI=1S/C13H20N2O2/c1-11-13(3-2-6-14-11)17-10-7-15-12-4-8-16-9-5-12/h2-3,6,12,15H,4-5,7-10H2,1H3. The molecule has 1 aromatic heterocycles. The van der Waals surface area contributed by atoms with E-state index in [4.69, 9.17) is 9.47 Å². The molecule has 0 unspecified atom stereocenters. The first kappa shape index (κ1) is 12.3. The highest BCUT2D eigenvalue weighted by molar-refractivity contribution is 5.25. The van der Waals surface area contributed by atoms with Gasteiger partial charge >= 0.3 is 0 Å². The number of rotatable bonds is 5. The van der Waals surface area contributed by atoms with Crippen LogP contribution < -0.4 is 10.1 Å². The van der Waals surface area contributed by atoms with E-state index in [0.717, 1.165) is 44.0 Å². The molecule has 1 fully saturated rings. The highest BCUT2D eigenvalue weighted by Gasteiger charge is 2.12. The monoisotopic (exact) mass is 236 g/mol. The molecule has 2 rings (SSSR count). The summed E-state index contributed by atoms with van der Waals surface area (Å²) in [7, 11) is 0. The number of hydrogen-bond donors (Lipinski definition) is 1. The molecule has 0 radical (unpaired) electrons. The van der Waals surface area contributed by atoms with E-state index >= 15 is 0 Å². The third kappa shape index (κ3) is 3.98. The molecule has 1 aliphatic heterocycles. The van der Waals surface area contributed by atoms with Gasteiger partial charge in [0.2, 0.25) is 0 Å². The van der Waals surface area contributed by atoms with Crippen molar-refractivity contribution in [2.75, 3.05) is 26.4 Å². The number of nitrogens with one attached hydrogen (secondary N) is 1. The molecule has 4 nitrogen and oxygen atoms in total. The molecule has 1 aliphatic rings. The van der Waals surface area contributed by atoms with Gasteiger partial charge in [0.05, 0.1) is 5.69 Å². The van der Waals surface area contributed by atoms with Crippen LogP contribution in [0.15, 0.2) is 18.3 Å². The fourth-order valence-electron chi connectivity index (χ4n) is 1.95. The molecule has 0 saturated carbocycles. The van der Waals surface area contributed by atoms with Crippen LogP contribution >= 0.6 is 0 Å². The highest BCUT2D eigenvalue weighted by atomic mass is 16.5. The molecular weight excluding hydrogens is 216 g/mol. The molecule has 17 heavy (non-hydrogen) atoms. The summed E-state index contributed by atoms with van der Waals surface area (Å²) in [5.41, 5.74) is 0.943. The lowest BCUT2D eigenvalue weighted by atomic mass is 10.1. The Hall–Kier alpha value is -1.13. The summed E-state index contributed by atoms with van der Waals surface area (Å²) in [5.74, 6) is 0.876. The van der Waals surface area contributed by atoms with Crippen molar-refractivity contribution >= 4 is 0 Å². The maximum Gasteiger partial charge on any atom is 0.140 e. The minimum Gasteiger partial charge on any atom is -0.490 e. The van der Waals surface area contributed by atoms with Gasteiger partial charge in [-0.1, -0.05) is 0 Å². The van der Waals surface area contributed by atoms with Crippen molar-refractivity contribution in [2.24, 2.45) is 0 Å². The second kappa shape index (κ2) is 6.57. The summed E-state index contributed by atoms with van der Waals surface area (Å²) in [4.78, 5) is 4.19. The van der Waals surface area contributed by atoms with Crippen LogP contribution in [0.3, 0.4) is 0 Å². The third-order valence-electron chi connectivity index (χ3n) is 2.97. The van der Waals surface area contributed by atoms with E-state index in [-0.39, 0.29) is 0 Å². The van der Waals surface area contributed by atoms with Gasteiger partial charge in [0.25, 0.3) is 0 Å². The number of pyridine rings is 1. The van der Waals surface area contributed by atoms with Gasteiger partial charge in [-0.25, -0.2) is 0 Å². The average molecular weight is 236 g/mol. The molecule has 1 N–H and O–H groups in total. The second-order valence-electron chi connectivity index (χ2n) is 4.28. The van der Waals surface area contributed by atoms with Gasteiger partial charge in [0, 0.05) is 32.0 Å². The van der Waals surface area contributed by atoms with Gasteiger partial charge in [0.15, 0.2) is 0 Å². The minimum atomic E-state index is 0.586. The molecule has 0 atom stereocenters. The Morgan fingerprint density at radius 1 is 1.47 bits per heavy atom. The Morgan fingerprint density at radius 3 is 3.06 bits per heavy atom. The van der Waals surface area contributed by atoms with Crippen LogP contribution in [0.1, 0.15) is 18.5 Å². The predicted molar refractivity (Wildman–Crippen MR) is 66.3 cm³/mol. The van der Waals surface area contributed by atoms with Gasteiger partial charge in [-0.15, -0.1) is 0 Å². The van der Waals surface area contributed by atoms with Crippen LogP contribution in [0.4, 0.5) is 0 Å². The van der Waals surface area contributed by atoms with Gasteiger partial charge in [-0.3, -0.25) is 4.98 Å². The Kier molecular flexibility index (Phi) is 4.76. The number of nitrogens with zero attached hydrogens (tertiary/aromatic N) is 1. The zero-order chi connectivity index (χ0) is 11.9. The lowest BCUT2D eigenvalue weighted by Gasteiger charge is -2.23. The number of ether oxygens (including phenoxy) is 2. The van der Waals surface area contributed by atoms with Crippen LogP contribution in [0.5, 0.6) is 5.75 Å². The number of hydrogen-bond acceptors (Lipinski definition) is 4. The molecule has 0 aromatic carbocycles. The number of aromatic nitrogens is 1. The van der Waals surface area contributed by atoms with E-state index in [2.05, 4.69) is 10.3 Å². The van der Waals surface area contributed by atoms with E-state index in [1.807, 2.05) is 19.1 Å². The Labute approximate surface area is 102 Å². The van der Waals surface area contributed by atoms with Gasteiger partial charge in [0.1, 0.15) is 12.4 Å². The molecule has 0 aliphatic carbocycles. The number of aryl methyl sites for hydroxylation is 1. The maximum absolute atomic E-state index is 5.67. The van der Waals surface area contributed by atoms with Crippen LogP contribution in [0.25, 0.3) is 0 Å². The van der Waals surface area contributed by atoms with Crippen molar-refractivity contribution < 1.29 is 9.47 Å². The van der Waals surface area contributed by atoms with E-state index < -0.39 is 0 Å². The van der Waals surface area contributed by atoms with Crippen molar-refractivity contribution in [1.82, 2.24) is 10.3 Å². The van der Waals surface area contributed by atoms with Crippen molar-refractivity contribution in [3.05, 3.63) is 24.0 Å². The second-order valence-corrected chi connectivity index (χ2v) is 4.28. The normalized spacial score (nSPS) is 17.0. The van der Waals surface area contributed by atoms with Gasteiger partial charge in [-0.2, -0.15) is 0 Å². The maximum atomic E-state index is 5.67. The molecule has 2 heterocycles. The fraction of sp³-hybridized carbons (Fsp3) is 0.615. The van der Waals surface area contributed by atoms with Gasteiger partial charge < -0.3 is 14.8 Å². The molecule has 0 bridgehead atoms. The van der Waals surface area contributed by atoms with Crippen molar-refractivity contribution in [1.29, 1.82) is 0 Å². The summed E-state index contributed by atoms with van der Waals surface area (Å²) in [6.07, 6.45) is 3.99. The van der Waals surface area contributed by atoms with Gasteiger partial charge in [-0.05, 0) is 31.9 Å². The van der Waals surface area contributed by atoms with E-state index in [1.165, 1.54) is 0 Å². The summed E-state index contributed by atoms with van der Waals surface area (Å²) in [6, 6.07) is 4.44. The Bertz CT molecular complexity index is 338. The smallest absolute Gasteiger partial charge is 0.140 e. The zero-order valence-electron chi connectivity index (χ0n) is 10.3. The average Bonchev–Trinajstić information content (AvgIpc) is 2.38. The first-order valence-electron chi connectivity index (χ1n) is 6.22. The largest absolute Gasteiger partial charge is 0.490 e. The lowest BCUT2D eigenvalue weighted by Crippen LogP contribution is -2.37. The fourth-order valence-corrected chi connectivity index (χ4v) is 1.95. The molecule has 0 amide bonds. The quantitative estimate of drug-likeness (QED) is 0.788. The van der Waals surface area contributed by atoms with E-state index in [0.29, 0.717) is 12.6 Å². The summed E-state index contributed by atoms with van der Waals surface area (Å²) in [5, 5.41) is 3.49. The SMILES string of the molecule is Cc1ncccc1OCCNC1CCOCC1. The Morgan fingerprint density at radius 2 is 2.29 bits per heavy atom.